The van der Waals surface area contributed by atoms with Gasteiger partial charge in [0.2, 0.25) is 0 Å². The van der Waals surface area contributed by atoms with Crippen LogP contribution in [-0.4, -0.2) is 26.9 Å². The molecule has 0 amide bonds. The molecule has 6 nitrogen and oxygen atoms in total. The second-order valence-electron chi connectivity index (χ2n) is 8.33. The quantitative estimate of drug-likeness (QED) is 0.320. The minimum Gasteiger partial charge on any atom is -0.478 e. The number of oxazole rings is 1. The number of aliphatic hydroxyl groups is 1. The summed E-state index contributed by atoms with van der Waals surface area (Å²) >= 11 is 6.34. The van der Waals surface area contributed by atoms with E-state index in [1.165, 1.54) is 37.4 Å². The molecular formula is C25H18ClF4NO5. The summed E-state index contributed by atoms with van der Waals surface area (Å²) in [7, 11) is 1.33. The highest BCUT2D eigenvalue weighted by Gasteiger charge is 2.59. The third-order valence-electron chi connectivity index (χ3n) is 6.29. The number of aromatic nitrogens is 1. The van der Waals surface area contributed by atoms with Gasteiger partial charge in [0.05, 0.1) is 11.1 Å². The molecule has 36 heavy (non-hydrogen) atoms. The zero-order valence-electron chi connectivity index (χ0n) is 18.7. The molecule has 1 heterocycles. The van der Waals surface area contributed by atoms with E-state index in [0.29, 0.717) is 5.56 Å². The Morgan fingerprint density at radius 1 is 1.06 bits per heavy atom. The molecule has 1 aromatic heterocycles. The number of carboxylic acids is 1. The number of hydrogen-bond acceptors (Lipinski definition) is 4. The highest BCUT2D eigenvalue weighted by molar-refractivity contribution is 6.31. The van der Waals surface area contributed by atoms with Gasteiger partial charge in [-0.1, -0.05) is 42.8 Å². The molecule has 2 N–H and O–H groups in total. The molecule has 0 spiro atoms. The van der Waals surface area contributed by atoms with Crippen LogP contribution in [0.2, 0.25) is 5.02 Å². The van der Waals surface area contributed by atoms with Crippen molar-refractivity contribution in [2.75, 3.05) is 0 Å². The molecule has 0 saturated heterocycles. The Hall–Kier alpha value is -3.63. The van der Waals surface area contributed by atoms with Gasteiger partial charge in [0.1, 0.15) is 5.82 Å². The Kier molecular flexibility index (Phi) is 6.22. The molecule has 0 aliphatic carbocycles. The van der Waals surface area contributed by atoms with Gasteiger partial charge in [0, 0.05) is 18.0 Å². The monoisotopic (exact) mass is 523 g/mol. The van der Waals surface area contributed by atoms with Crippen molar-refractivity contribution in [3.8, 4) is 11.1 Å². The summed E-state index contributed by atoms with van der Waals surface area (Å²) < 4.78 is 63.2. The maximum absolute atomic E-state index is 14.4. The molecule has 0 aliphatic rings. The van der Waals surface area contributed by atoms with Crippen molar-refractivity contribution in [3.63, 3.8) is 0 Å². The second kappa shape index (κ2) is 8.79. The van der Waals surface area contributed by atoms with Gasteiger partial charge in [-0.25, -0.2) is 14.0 Å². The van der Waals surface area contributed by atoms with Crippen LogP contribution in [0.25, 0.3) is 22.2 Å². The summed E-state index contributed by atoms with van der Waals surface area (Å²) in [6.07, 6.45) is -5.14. The van der Waals surface area contributed by atoms with E-state index in [2.05, 4.69) is 0 Å². The predicted molar refractivity (Wildman–Crippen MR) is 124 cm³/mol. The molecule has 0 radical (unpaired) electrons. The number of rotatable bonds is 5. The Morgan fingerprint density at radius 2 is 1.69 bits per heavy atom. The lowest BCUT2D eigenvalue weighted by Gasteiger charge is -2.37. The average Bonchev–Trinajstić information content (AvgIpc) is 3.09. The van der Waals surface area contributed by atoms with Gasteiger partial charge in [-0.2, -0.15) is 13.2 Å². The fraction of sp³-hybridized carbons (Fsp3) is 0.200. The van der Waals surface area contributed by atoms with E-state index in [9.17, 15) is 32.3 Å². The van der Waals surface area contributed by atoms with E-state index in [-0.39, 0.29) is 27.2 Å². The predicted octanol–water partition coefficient (Wildman–Crippen LogP) is 5.84. The maximum Gasteiger partial charge on any atom is 0.422 e. The van der Waals surface area contributed by atoms with Crippen molar-refractivity contribution < 1.29 is 37.0 Å². The first-order valence-corrected chi connectivity index (χ1v) is 10.8. The first-order chi connectivity index (χ1) is 16.8. The maximum atomic E-state index is 14.4. The number of hydrogen-bond donors (Lipinski definition) is 2. The third-order valence-corrected chi connectivity index (χ3v) is 6.62. The van der Waals surface area contributed by atoms with Gasteiger partial charge >= 0.3 is 17.9 Å². The Bertz CT molecular complexity index is 1560. The van der Waals surface area contributed by atoms with E-state index in [4.69, 9.17) is 21.1 Å². The van der Waals surface area contributed by atoms with Crippen LogP contribution in [0.1, 0.15) is 34.3 Å². The number of benzene rings is 3. The van der Waals surface area contributed by atoms with Gasteiger partial charge in [0.15, 0.2) is 11.2 Å². The molecule has 0 bridgehead atoms. The largest absolute Gasteiger partial charge is 0.478 e. The molecule has 4 aromatic rings. The van der Waals surface area contributed by atoms with Crippen molar-refractivity contribution in [3.05, 3.63) is 92.7 Å². The van der Waals surface area contributed by atoms with Crippen LogP contribution in [0.3, 0.4) is 0 Å². The molecule has 2 atom stereocenters. The fourth-order valence-electron chi connectivity index (χ4n) is 4.17. The first kappa shape index (κ1) is 25.5. The van der Waals surface area contributed by atoms with Gasteiger partial charge in [-0.15, -0.1) is 0 Å². The zero-order valence-corrected chi connectivity index (χ0v) is 19.5. The van der Waals surface area contributed by atoms with Crippen LogP contribution >= 0.6 is 11.6 Å². The molecule has 11 heteroatoms. The van der Waals surface area contributed by atoms with Crippen LogP contribution in [-0.2, 0) is 12.6 Å². The highest BCUT2D eigenvalue weighted by atomic mass is 35.5. The minimum absolute atomic E-state index is 0.0379. The summed E-state index contributed by atoms with van der Waals surface area (Å²) in [4.78, 5) is 22.8. The van der Waals surface area contributed by atoms with Crippen LogP contribution in [0.5, 0.6) is 0 Å². The van der Waals surface area contributed by atoms with E-state index < -0.39 is 46.4 Å². The van der Waals surface area contributed by atoms with E-state index in [1.54, 1.807) is 0 Å². The highest BCUT2D eigenvalue weighted by Crippen LogP contribution is 2.50. The Labute approximate surface area is 206 Å². The summed E-state index contributed by atoms with van der Waals surface area (Å²) in [6.45, 7) is 1.16. The van der Waals surface area contributed by atoms with Crippen LogP contribution in [0.15, 0.2) is 63.8 Å². The van der Waals surface area contributed by atoms with Crippen LogP contribution < -0.4 is 5.76 Å². The first-order valence-electron chi connectivity index (χ1n) is 10.5. The van der Waals surface area contributed by atoms with Crippen molar-refractivity contribution in [2.45, 2.75) is 24.6 Å². The second-order valence-corrected chi connectivity index (χ2v) is 8.74. The summed E-state index contributed by atoms with van der Waals surface area (Å²) in [5.41, 5.74) is -3.75. The topological polar surface area (TPSA) is 92.7 Å². The number of nitrogens with zero attached hydrogens (tertiary/aromatic N) is 1. The van der Waals surface area contributed by atoms with Crippen molar-refractivity contribution in [1.29, 1.82) is 0 Å². The SMILES string of the molecule is C[C@@H](c1ccc(-c2ccc(C(=O)O)c(F)c2)cc1Cl)[C@](O)(c1ccc2oc(=O)n(C)c2c1)C(F)(F)F. The van der Waals surface area contributed by atoms with Crippen molar-refractivity contribution in [1.82, 2.24) is 4.57 Å². The fourth-order valence-corrected chi connectivity index (χ4v) is 4.52. The lowest BCUT2D eigenvalue weighted by molar-refractivity contribution is -0.274. The minimum atomic E-state index is -5.14. The number of aryl methyl sites for hydroxylation is 1. The number of carboxylic acid groups (broad SMARTS) is 1. The molecular weight excluding hydrogens is 506 g/mol. The van der Waals surface area contributed by atoms with Crippen molar-refractivity contribution >= 4 is 28.7 Å². The summed E-state index contributed by atoms with van der Waals surface area (Å²) in [6, 6.07) is 10.6. The number of alkyl halides is 3. The number of aromatic carboxylic acids is 1. The van der Waals surface area contributed by atoms with E-state index in [0.717, 1.165) is 35.8 Å². The lowest BCUT2D eigenvalue weighted by Crippen LogP contribution is -2.46. The zero-order chi connectivity index (χ0) is 26.6. The lowest BCUT2D eigenvalue weighted by atomic mass is 9.77. The number of halogens is 5. The smallest absolute Gasteiger partial charge is 0.422 e. The summed E-state index contributed by atoms with van der Waals surface area (Å²) in [5, 5.41) is 20.0. The number of fused-ring (bicyclic) bond motifs is 1. The molecule has 0 saturated carbocycles. The molecule has 0 unspecified atom stereocenters. The normalized spacial score (nSPS) is 14.6. The van der Waals surface area contributed by atoms with Crippen LogP contribution in [0.4, 0.5) is 17.6 Å². The van der Waals surface area contributed by atoms with Crippen molar-refractivity contribution in [2.24, 2.45) is 7.05 Å². The summed E-state index contributed by atoms with van der Waals surface area (Å²) in [5.74, 6) is -4.80. The Balaban J connectivity index is 1.79. The Morgan fingerprint density at radius 3 is 2.28 bits per heavy atom. The van der Waals surface area contributed by atoms with Crippen LogP contribution in [0, 0.1) is 5.82 Å². The molecule has 188 valence electrons. The molecule has 4 rings (SSSR count). The molecule has 0 fully saturated rings. The van der Waals surface area contributed by atoms with E-state index >= 15 is 0 Å². The molecule has 3 aromatic carbocycles. The standard InChI is InChI=1S/C25H18ClF4NO5/c1-12(16-6-3-13(9-18(16)26)14-4-7-17(22(32)33)19(27)10-14)24(35,25(28,29)30)15-5-8-21-20(11-15)31(2)23(34)36-21/h3-12,35H,1-2H3,(H,32,33)/t12-,24-/m0/s1. The van der Waals surface area contributed by atoms with Gasteiger partial charge < -0.3 is 14.6 Å². The van der Waals surface area contributed by atoms with Gasteiger partial charge in [-0.05, 0) is 52.6 Å². The van der Waals surface area contributed by atoms with Gasteiger partial charge in [0.25, 0.3) is 0 Å². The van der Waals surface area contributed by atoms with Gasteiger partial charge in [-0.3, -0.25) is 4.57 Å². The third kappa shape index (κ3) is 4.06. The molecule has 0 aliphatic heterocycles. The van der Waals surface area contributed by atoms with E-state index in [1.807, 2.05) is 0 Å². The average molecular weight is 524 g/mol. The number of carbonyl (C=O) groups is 1.